The molecule has 1 amide bonds. The summed E-state index contributed by atoms with van der Waals surface area (Å²) in [6.07, 6.45) is 5.89. The molecule has 0 saturated carbocycles. The summed E-state index contributed by atoms with van der Waals surface area (Å²) in [6, 6.07) is 13.2. The number of amides is 1. The highest BCUT2D eigenvalue weighted by atomic mass is 19.1. The van der Waals surface area contributed by atoms with Crippen LogP contribution in [0.2, 0.25) is 0 Å². The van der Waals surface area contributed by atoms with Crippen LogP contribution in [-0.2, 0) is 24.3 Å². The van der Waals surface area contributed by atoms with Gasteiger partial charge in [0.1, 0.15) is 5.82 Å². The lowest BCUT2D eigenvalue weighted by atomic mass is 10.1. The molecule has 1 aliphatic rings. The van der Waals surface area contributed by atoms with Crippen molar-refractivity contribution in [3.63, 3.8) is 0 Å². The van der Waals surface area contributed by atoms with Gasteiger partial charge in [-0.15, -0.1) is 0 Å². The van der Waals surface area contributed by atoms with E-state index in [-0.39, 0.29) is 18.1 Å². The van der Waals surface area contributed by atoms with Crippen molar-refractivity contribution in [2.24, 2.45) is 0 Å². The monoisotopic (exact) mass is 450 g/mol. The lowest BCUT2D eigenvalue weighted by Crippen LogP contribution is -2.24. The quantitative estimate of drug-likeness (QED) is 0.533. The van der Waals surface area contributed by atoms with Crippen molar-refractivity contribution in [1.82, 2.24) is 20.4 Å². The van der Waals surface area contributed by atoms with E-state index >= 15 is 0 Å². The third-order valence-electron chi connectivity index (χ3n) is 6.07. The van der Waals surface area contributed by atoms with Gasteiger partial charge >= 0.3 is 0 Å². The van der Waals surface area contributed by atoms with Crippen LogP contribution in [0.1, 0.15) is 54.7 Å². The second-order valence-corrected chi connectivity index (χ2v) is 8.76. The molecule has 1 aromatic heterocycles. The molecule has 1 saturated heterocycles. The van der Waals surface area contributed by atoms with Gasteiger partial charge in [0, 0.05) is 31.5 Å². The molecule has 1 N–H and O–H groups in total. The van der Waals surface area contributed by atoms with Crippen molar-refractivity contribution in [3.8, 4) is 11.4 Å². The van der Waals surface area contributed by atoms with Gasteiger partial charge < -0.3 is 9.84 Å². The molecule has 174 valence electrons. The van der Waals surface area contributed by atoms with E-state index in [1.54, 1.807) is 19.1 Å². The van der Waals surface area contributed by atoms with E-state index in [9.17, 15) is 9.18 Å². The van der Waals surface area contributed by atoms with E-state index in [2.05, 4.69) is 44.6 Å². The number of carbonyl (C=O) groups is 1. The summed E-state index contributed by atoms with van der Waals surface area (Å²) < 4.78 is 18.7. The van der Waals surface area contributed by atoms with Crippen molar-refractivity contribution in [2.75, 3.05) is 13.1 Å². The minimum atomic E-state index is -0.272. The zero-order chi connectivity index (χ0) is 23.0. The number of hydrogen-bond donors (Lipinski definition) is 1. The van der Waals surface area contributed by atoms with Gasteiger partial charge in [-0.25, -0.2) is 4.39 Å². The molecular formula is C26H31FN4O2. The summed E-state index contributed by atoms with van der Waals surface area (Å²) in [6.45, 7) is 5.54. The molecule has 1 fully saturated rings. The summed E-state index contributed by atoms with van der Waals surface area (Å²) >= 11 is 0. The largest absolute Gasteiger partial charge is 0.352 e. The van der Waals surface area contributed by atoms with E-state index in [0.29, 0.717) is 35.8 Å². The fourth-order valence-electron chi connectivity index (χ4n) is 4.08. The highest BCUT2D eigenvalue weighted by Crippen LogP contribution is 2.19. The molecule has 0 atom stereocenters. The lowest BCUT2D eigenvalue weighted by Gasteiger charge is -2.19. The maximum Gasteiger partial charge on any atom is 0.227 e. The molecule has 7 heteroatoms. The zero-order valence-corrected chi connectivity index (χ0v) is 19.1. The maximum absolute atomic E-state index is 13.4. The molecule has 4 rings (SSSR count). The molecular weight excluding hydrogens is 419 g/mol. The van der Waals surface area contributed by atoms with Crippen molar-refractivity contribution in [3.05, 3.63) is 70.9 Å². The Hall–Kier alpha value is -3.06. The Labute approximate surface area is 194 Å². The molecule has 3 aromatic rings. The number of aryl methyl sites for hydroxylation is 2. The van der Waals surface area contributed by atoms with E-state index in [4.69, 9.17) is 4.52 Å². The van der Waals surface area contributed by atoms with E-state index in [1.165, 1.54) is 50.4 Å². The summed E-state index contributed by atoms with van der Waals surface area (Å²) in [7, 11) is 0. The minimum Gasteiger partial charge on any atom is -0.352 e. The number of carbonyl (C=O) groups excluding carboxylic acids is 1. The van der Waals surface area contributed by atoms with Gasteiger partial charge in [0.15, 0.2) is 0 Å². The Morgan fingerprint density at radius 3 is 2.52 bits per heavy atom. The van der Waals surface area contributed by atoms with Gasteiger partial charge in [-0.1, -0.05) is 42.3 Å². The fourth-order valence-corrected chi connectivity index (χ4v) is 4.08. The Kier molecular flexibility index (Phi) is 7.83. The van der Waals surface area contributed by atoms with Gasteiger partial charge in [-0.3, -0.25) is 9.69 Å². The van der Waals surface area contributed by atoms with Gasteiger partial charge in [0.05, 0.1) is 0 Å². The molecule has 6 nitrogen and oxygen atoms in total. The number of rotatable bonds is 8. The smallest absolute Gasteiger partial charge is 0.227 e. The van der Waals surface area contributed by atoms with Crippen molar-refractivity contribution < 1.29 is 13.7 Å². The predicted octanol–water partition coefficient (Wildman–Crippen LogP) is 4.81. The molecule has 0 radical (unpaired) electrons. The van der Waals surface area contributed by atoms with Crippen LogP contribution in [0.5, 0.6) is 0 Å². The van der Waals surface area contributed by atoms with Gasteiger partial charge in [-0.05, 0) is 67.7 Å². The van der Waals surface area contributed by atoms with Crippen molar-refractivity contribution in [2.45, 2.75) is 58.5 Å². The first kappa shape index (κ1) is 23.1. The first-order chi connectivity index (χ1) is 16.1. The number of likely N-dealkylation sites (tertiary alicyclic amines) is 1. The van der Waals surface area contributed by atoms with Gasteiger partial charge in [0.2, 0.25) is 17.6 Å². The number of aromatic nitrogens is 2. The first-order valence-electron chi connectivity index (χ1n) is 11.7. The summed E-state index contributed by atoms with van der Waals surface area (Å²) in [5.41, 5.74) is 3.60. The Balaban J connectivity index is 1.21. The lowest BCUT2D eigenvalue weighted by molar-refractivity contribution is -0.121. The van der Waals surface area contributed by atoms with Crippen LogP contribution in [0, 0.1) is 12.7 Å². The number of hydrogen-bond acceptors (Lipinski definition) is 5. The second kappa shape index (κ2) is 11.2. The van der Waals surface area contributed by atoms with Gasteiger partial charge in [-0.2, -0.15) is 4.98 Å². The normalized spacial score (nSPS) is 14.7. The Morgan fingerprint density at radius 1 is 1.06 bits per heavy atom. The van der Waals surface area contributed by atoms with Crippen LogP contribution < -0.4 is 5.32 Å². The van der Waals surface area contributed by atoms with Crippen LogP contribution in [0.25, 0.3) is 11.4 Å². The summed E-state index contributed by atoms with van der Waals surface area (Å²) in [5, 5.41) is 6.89. The van der Waals surface area contributed by atoms with Crippen LogP contribution in [0.3, 0.4) is 0 Å². The second-order valence-electron chi connectivity index (χ2n) is 8.76. The molecule has 33 heavy (non-hydrogen) atoms. The summed E-state index contributed by atoms with van der Waals surface area (Å²) in [5.74, 6) is 0.445. The standard InChI is InChI=1S/C26H31FN4O2/c1-19-16-22(10-11-23(19)27)26-29-25(33-30-26)13-12-24(32)28-17-20-6-8-21(9-7-20)18-31-14-4-2-3-5-15-31/h6-11,16H,2-5,12-15,17-18H2,1H3,(H,28,32). The highest BCUT2D eigenvalue weighted by molar-refractivity contribution is 5.76. The van der Waals surface area contributed by atoms with Crippen molar-refractivity contribution in [1.29, 1.82) is 0 Å². The third-order valence-corrected chi connectivity index (χ3v) is 6.07. The number of halogens is 1. The number of nitrogens with zero attached hydrogens (tertiary/aromatic N) is 3. The molecule has 2 heterocycles. The highest BCUT2D eigenvalue weighted by Gasteiger charge is 2.12. The van der Waals surface area contributed by atoms with E-state index in [1.807, 2.05) is 0 Å². The van der Waals surface area contributed by atoms with E-state index < -0.39 is 0 Å². The number of nitrogens with one attached hydrogen (secondary N) is 1. The SMILES string of the molecule is Cc1cc(-c2noc(CCC(=O)NCc3ccc(CN4CCCCCC4)cc3)n2)ccc1F. The van der Waals surface area contributed by atoms with E-state index in [0.717, 1.165) is 12.1 Å². The Morgan fingerprint density at radius 2 is 1.79 bits per heavy atom. The Bertz CT molecular complexity index is 1060. The van der Waals surface area contributed by atoms with Crippen LogP contribution in [-0.4, -0.2) is 34.0 Å². The molecule has 1 aliphatic heterocycles. The van der Waals surface area contributed by atoms with Crippen molar-refractivity contribution >= 4 is 5.91 Å². The molecule has 0 aliphatic carbocycles. The zero-order valence-electron chi connectivity index (χ0n) is 19.1. The minimum absolute atomic E-state index is 0.0685. The average molecular weight is 451 g/mol. The predicted molar refractivity (Wildman–Crippen MR) is 125 cm³/mol. The van der Waals surface area contributed by atoms with Crippen LogP contribution in [0.15, 0.2) is 47.0 Å². The van der Waals surface area contributed by atoms with Crippen LogP contribution >= 0.6 is 0 Å². The topological polar surface area (TPSA) is 71.3 Å². The van der Waals surface area contributed by atoms with Gasteiger partial charge in [0.25, 0.3) is 0 Å². The molecule has 2 aromatic carbocycles. The number of benzene rings is 2. The summed E-state index contributed by atoms with van der Waals surface area (Å²) in [4.78, 5) is 19.1. The molecule has 0 unspecified atom stereocenters. The first-order valence-corrected chi connectivity index (χ1v) is 11.7. The van der Waals surface area contributed by atoms with Crippen LogP contribution in [0.4, 0.5) is 4.39 Å². The maximum atomic E-state index is 13.4. The fraction of sp³-hybridized carbons (Fsp3) is 0.423. The molecule has 0 spiro atoms. The molecule has 0 bridgehead atoms. The third kappa shape index (κ3) is 6.71. The average Bonchev–Trinajstić information content (AvgIpc) is 3.15.